The minimum absolute atomic E-state index is 0.0191. The van der Waals surface area contributed by atoms with Crippen molar-refractivity contribution in [3.8, 4) is 17.6 Å². The van der Waals surface area contributed by atoms with Crippen molar-refractivity contribution in [2.24, 2.45) is 0 Å². The lowest BCUT2D eigenvalue weighted by Gasteiger charge is -2.08. The largest absolute Gasteiger partial charge is 0.449 e. The van der Waals surface area contributed by atoms with Crippen LogP contribution in [0.3, 0.4) is 0 Å². The third kappa shape index (κ3) is 3.32. The predicted octanol–water partition coefficient (Wildman–Crippen LogP) is 2.71. The molecule has 7 nitrogen and oxygen atoms in total. The molecule has 1 aromatic heterocycles. The van der Waals surface area contributed by atoms with Crippen molar-refractivity contribution >= 4 is 5.69 Å². The van der Waals surface area contributed by atoms with E-state index >= 15 is 0 Å². The summed E-state index contributed by atoms with van der Waals surface area (Å²) in [7, 11) is 0. The van der Waals surface area contributed by atoms with Crippen molar-refractivity contribution in [3.63, 3.8) is 0 Å². The lowest BCUT2D eigenvalue weighted by Crippen LogP contribution is -1.97. The first-order valence-electron chi connectivity index (χ1n) is 6.01. The van der Waals surface area contributed by atoms with Crippen molar-refractivity contribution in [3.05, 3.63) is 57.9 Å². The molecule has 0 aliphatic rings. The first kappa shape index (κ1) is 14.4. The number of hydrogen-bond acceptors (Lipinski definition) is 6. The van der Waals surface area contributed by atoms with E-state index in [4.69, 9.17) is 10.00 Å². The molecule has 2 aromatic rings. The van der Waals surface area contributed by atoms with Gasteiger partial charge in [0.25, 0.3) is 0 Å². The molecule has 106 valence electrons. The second-order valence-electron chi connectivity index (χ2n) is 4.25. The Morgan fingerprint density at radius 3 is 2.71 bits per heavy atom. The van der Waals surface area contributed by atoms with Crippen LogP contribution in [0.4, 0.5) is 5.69 Å². The number of nitro groups is 1. The van der Waals surface area contributed by atoms with Gasteiger partial charge < -0.3 is 9.84 Å². The molecule has 0 saturated heterocycles. The topological polar surface area (TPSA) is 109 Å². The average molecular weight is 285 g/mol. The minimum Gasteiger partial charge on any atom is -0.449 e. The highest BCUT2D eigenvalue weighted by atomic mass is 16.6. The van der Waals surface area contributed by atoms with Gasteiger partial charge in [0.05, 0.1) is 34.6 Å². The number of aromatic nitrogens is 1. The summed E-state index contributed by atoms with van der Waals surface area (Å²) >= 11 is 0. The van der Waals surface area contributed by atoms with Gasteiger partial charge in [-0.05, 0) is 31.2 Å². The Bertz CT molecular complexity index is 705. The summed E-state index contributed by atoms with van der Waals surface area (Å²) in [6.45, 7) is 1.58. The molecule has 0 spiro atoms. The Labute approximate surface area is 120 Å². The maximum absolute atomic E-state index is 11.0. The monoisotopic (exact) mass is 285 g/mol. The van der Waals surface area contributed by atoms with E-state index in [0.29, 0.717) is 11.4 Å². The van der Waals surface area contributed by atoms with Crippen LogP contribution in [-0.4, -0.2) is 15.0 Å². The van der Waals surface area contributed by atoms with E-state index in [-0.39, 0.29) is 17.0 Å². The SMILES string of the molecule is CC(O)c1ccc(Oc2ccc(C#N)cc2[N+](=O)[O-])cn1. The maximum Gasteiger partial charge on any atom is 0.312 e. The van der Waals surface area contributed by atoms with Crippen molar-refractivity contribution in [1.29, 1.82) is 5.26 Å². The van der Waals surface area contributed by atoms with Crippen LogP contribution in [0.5, 0.6) is 11.5 Å². The first-order valence-corrected chi connectivity index (χ1v) is 6.01. The van der Waals surface area contributed by atoms with Crippen LogP contribution in [0.1, 0.15) is 24.3 Å². The van der Waals surface area contributed by atoms with E-state index in [1.165, 1.54) is 18.3 Å². The zero-order valence-corrected chi connectivity index (χ0v) is 11.1. The second-order valence-corrected chi connectivity index (χ2v) is 4.25. The molecular weight excluding hydrogens is 274 g/mol. The standard InChI is InChI=1S/C14H11N3O4/c1-9(18)12-4-3-11(8-16-12)21-14-5-2-10(7-15)6-13(14)17(19)20/h2-6,8-9,18H,1H3. The van der Waals surface area contributed by atoms with Crippen LogP contribution in [0.15, 0.2) is 36.5 Å². The number of nitriles is 1. The quantitative estimate of drug-likeness (QED) is 0.683. The van der Waals surface area contributed by atoms with Crippen LogP contribution >= 0.6 is 0 Å². The number of aliphatic hydroxyl groups is 1. The highest BCUT2D eigenvalue weighted by Gasteiger charge is 2.17. The van der Waals surface area contributed by atoms with Gasteiger partial charge in [0.2, 0.25) is 5.75 Å². The number of aliphatic hydroxyl groups excluding tert-OH is 1. The summed E-state index contributed by atoms with van der Waals surface area (Å²) < 4.78 is 5.41. The molecule has 0 radical (unpaired) electrons. The zero-order chi connectivity index (χ0) is 15.4. The minimum atomic E-state index is -0.705. The van der Waals surface area contributed by atoms with E-state index in [0.717, 1.165) is 6.07 Å². The molecule has 1 unspecified atom stereocenters. The summed E-state index contributed by atoms with van der Waals surface area (Å²) in [5.41, 5.74) is 0.349. The number of nitrogens with zero attached hydrogens (tertiary/aromatic N) is 3. The van der Waals surface area contributed by atoms with Gasteiger partial charge in [0.1, 0.15) is 5.75 Å². The number of pyridine rings is 1. The summed E-state index contributed by atoms with van der Waals surface area (Å²) in [6.07, 6.45) is 0.660. The Hall–Kier alpha value is -2.98. The molecule has 0 fully saturated rings. The molecule has 0 aliphatic heterocycles. The molecule has 0 amide bonds. The van der Waals surface area contributed by atoms with Gasteiger partial charge in [0.15, 0.2) is 0 Å². The number of nitro benzene ring substituents is 1. The first-order chi connectivity index (χ1) is 10.0. The zero-order valence-electron chi connectivity index (χ0n) is 11.1. The predicted molar refractivity (Wildman–Crippen MR) is 72.8 cm³/mol. The van der Waals surface area contributed by atoms with E-state index in [1.807, 2.05) is 6.07 Å². The number of benzene rings is 1. The molecule has 1 heterocycles. The summed E-state index contributed by atoms with van der Waals surface area (Å²) in [5.74, 6) is 0.317. The molecule has 1 aromatic carbocycles. The second kappa shape index (κ2) is 5.98. The molecule has 21 heavy (non-hydrogen) atoms. The van der Waals surface area contributed by atoms with Crippen molar-refractivity contribution in [2.75, 3.05) is 0 Å². The lowest BCUT2D eigenvalue weighted by atomic mass is 10.2. The highest BCUT2D eigenvalue weighted by molar-refractivity contribution is 5.53. The number of hydrogen-bond donors (Lipinski definition) is 1. The van der Waals surface area contributed by atoms with Gasteiger partial charge in [-0.15, -0.1) is 0 Å². The Morgan fingerprint density at radius 1 is 1.43 bits per heavy atom. The average Bonchev–Trinajstić information content (AvgIpc) is 2.48. The molecule has 2 rings (SSSR count). The van der Waals surface area contributed by atoms with E-state index in [2.05, 4.69) is 4.98 Å². The number of ether oxygens (including phenoxy) is 1. The summed E-state index contributed by atoms with van der Waals surface area (Å²) in [6, 6.07) is 8.89. The van der Waals surface area contributed by atoms with E-state index in [9.17, 15) is 15.2 Å². The normalized spacial score (nSPS) is 11.5. The van der Waals surface area contributed by atoms with Gasteiger partial charge >= 0.3 is 5.69 Å². The number of rotatable bonds is 4. The van der Waals surface area contributed by atoms with Crippen LogP contribution in [0.25, 0.3) is 0 Å². The van der Waals surface area contributed by atoms with E-state index < -0.39 is 11.0 Å². The Kier molecular flexibility index (Phi) is 4.11. The molecule has 0 aliphatic carbocycles. The molecular formula is C14H11N3O4. The van der Waals surface area contributed by atoms with Gasteiger partial charge in [-0.1, -0.05) is 0 Å². The fourth-order valence-electron chi connectivity index (χ4n) is 1.64. The van der Waals surface area contributed by atoms with Crippen LogP contribution in [0.2, 0.25) is 0 Å². The van der Waals surface area contributed by atoms with Crippen LogP contribution in [0, 0.1) is 21.4 Å². The maximum atomic E-state index is 11.0. The molecule has 1 N–H and O–H groups in total. The summed E-state index contributed by atoms with van der Waals surface area (Å²) in [4.78, 5) is 14.4. The van der Waals surface area contributed by atoms with Crippen molar-refractivity contribution < 1.29 is 14.8 Å². The fourth-order valence-corrected chi connectivity index (χ4v) is 1.64. The Balaban J connectivity index is 2.31. The highest BCUT2D eigenvalue weighted by Crippen LogP contribution is 2.32. The Morgan fingerprint density at radius 2 is 2.19 bits per heavy atom. The van der Waals surface area contributed by atoms with E-state index in [1.54, 1.807) is 19.1 Å². The van der Waals surface area contributed by atoms with Crippen LogP contribution < -0.4 is 4.74 Å². The van der Waals surface area contributed by atoms with Gasteiger partial charge in [-0.2, -0.15) is 5.26 Å². The molecule has 7 heteroatoms. The fraction of sp³-hybridized carbons (Fsp3) is 0.143. The van der Waals surface area contributed by atoms with Gasteiger partial charge in [-0.25, -0.2) is 0 Å². The molecule has 0 saturated carbocycles. The molecule has 1 atom stereocenters. The molecule has 0 bridgehead atoms. The van der Waals surface area contributed by atoms with Crippen LogP contribution in [-0.2, 0) is 0 Å². The summed E-state index contributed by atoms with van der Waals surface area (Å²) in [5, 5.41) is 29.1. The van der Waals surface area contributed by atoms with Gasteiger partial charge in [-0.3, -0.25) is 15.1 Å². The van der Waals surface area contributed by atoms with Crippen molar-refractivity contribution in [1.82, 2.24) is 4.98 Å². The van der Waals surface area contributed by atoms with Crippen molar-refractivity contribution in [2.45, 2.75) is 13.0 Å². The third-order valence-electron chi connectivity index (χ3n) is 2.70. The smallest absolute Gasteiger partial charge is 0.312 e. The van der Waals surface area contributed by atoms with Gasteiger partial charge in [0, 0.05) is 6.07 Å². The third-order valence-corrected chi connectivity index (χ3v) is 2.70. The lowest BCUT2D eigenvalue weighted by molar-refractivity contribution is -0.385.